The summed E-state index contributed by atoms with van der Waals surface area (Å²) in [6, 6.07) is 2.13. The first-order chi connectivity index (χ1) is 19.3. The van der Waals surface area contributed by atoms with Gasteiger partial charge in [0.1, 0.15) is 18.3 Å². The Balaban J connectivity index is 1.22. The summed E-state index contributed by atoms with van der Waals surface area (Å²) in [4.78, 5) is 63.0. The molecule has 4 N–H and O–H groups in total. The lowest BCUT2D eigenvalue weighted by molar-refractivity contribution is -0.134. The molecule has 0 aliphatic heterocycles. The largest absolute Gasteiger partial charge is 0.466 e. The molecule has 4 aliphatic carbocycles. The fraction of sp³-hybridized carbons (Fsp3) is 0.519. The van der Waals surface area contributed by atoms with Gasteiger partial charge in [0.05, 0.1) is 13.3 Å². The lowest BCUT2D eigenvalue weighted by Gasteiger charge is -2.32. The molecule has 0 saturated heterocycles. The van der Waals surface area contributed by atoms with Crippen LogP contribution in [0.1, 0.15) is 49.0 Å². The van der Waals surface area contributed by atoms with Crippen molar-refractivity contribution in [3.8, 4) is 0 Å². The first-order valence-electron chi connectivity index (χ1n) is 13.5. The number of amides is 3. The molecule has 2 aromatic rings. The number of nitrogens with zero attached hydrogens (tertiary/aromatic N) is 3. The van der Waals surface area contributed by atoms with Crippen LogP contribution in [0, 0.1) is 23.7 Å². The van der Waals surface area contributed by atoms with Gasteiger partial charge in [0.25, 0.3) is 11.5 Å². The van der Waals surface area contributed by atoms with E-state index in [1.54, 1.807) is 6.07 Å². The zero-order valence-electron chi connectivity index (χ0n) is 22.2. The molecule has 5 unspecified atom stereocenters. The van der Waals surface area contributed by atoms with Gasteiger partial charge in [-0.15, -0.1) is 0 Å². The number of nitrogens with one attached hydrogen (secondary N) is 4. The lowest BCUT2D eigenvalue weighted by atomic mass is 9.79. The van der Waals surface area contributed by atoms with Gasteiger partial charge in [-0.3, -0.25) is 19.2 Å². The maximum Gasteiger partial charge on any atom is 0.330 e. The predicted molar refractivity (Wildman–Crippen MR) is 142 cm³/mol. The Morgan fingerprint density at radius 1 is 1.20 bits per heavy atom. The van der Waals surface area contributed by atoms with E-state index in [9.17, 15) is 24.0 Å². The van der Waals surface area contributed by atoms with E-state index in [4.69, 9.17) is 0 Å². The number of carbonyl (C=O) groups excluding carboxylic acids is 4. The minimum atomic E-state index is -1.06. The van der Waals surface area contributed by atoms with Crippen LogP contribution in [-0.4, -0.2) is 62.9 Å². The van der Waals surface area contributed by atoms with Gasteiger partial charge in [0.2, 0.25) is 11.8 Å². The molecule has 40 heavy (non-hydrogen) atoms. The van der Waals surface area contributed by atoms with E-state index in [1.807, 2.05) is 0 Å². The van der Waals surface area contributed by atoms with Gasteiger partial charge in [0, 0.05) is 18.3 Å². The van der Waals surface area contributed by atoms with Crippen LogP contribution in [0.3, 0.4) is 0 Å². The fourth-order valence-corrected chi connectivity index (χ4v) is 6.65. The van der Waals surface area contributed by atoms with Crippen molar-refractivity contribution in [1.29, 1.82) is 0 Å². The summed E-state index contributed by atoms with van der Waals surface area (Å²) in [6.07, 6.45) is 10.6. The Morgan fingerprint density at radius 3 is 2.77 bits per heavy atom. The van der Waals surface area contributed by atoms with Gasteiger partial charge in [-0.05, 0) is 74.3 Å². The quantitative estimate of drug-likeness (QED) is 0.234. The molecule has 2 aromatic heterocycles. The number of anilines is 1. The maximum absolute atomic E-state index is 13.2. The Hall–Kier alpha value is -4.29. The smallest absolute Gasteiger partial charge is 0.330 e. The second kappa shape index (κ2) is 11.8. The van der Waals surface area contributed by atoms with Crippen LogP contribution in [0.5, 0.6) is 0 Å². The Kier molecular flexibility index (Phi) is 8.08. The van der Waals surface area contributed by atoms with Crippen molar-refractivity contribution < 1.29 is 23.9 Å². The number of H-pyrrole nitrogens is 1. The van der Waals surface area contributed by atoms with E-state index in [0.717, 1.165) is 5.92 Å². The zero-order valence-corrected chi connectivity index (χ0v) is 22.2. The molecule has 13 nitrogen and oxygen atoms in total. The van der Waals surface area contributed by atoms with Gasteiger partial charge in [0.15, 0.2) is 5.69 Å². The number of pyridine rings is 1. The monoisotopic (exact) mass is 551 g/mol. The number of hydrogen-bond donors (Lipinski definition) is 4. The van der Waals surface area contributed by atoms with Crippen molar-refractivity contribution in [2.75, 3.05) is 12.4 Å². The van der Waals surface area contributed by atoms with Gasteiger partial charge in [-0.1, -0.05) is 6.08 Å². The summed E-state index contributed by atoms with van der Waals surface area (Å²) in [5, 5.41) is 18.0. The molecule has 212 valence electrons. The molecule has 0 spiro atoms. The molecular weight excluding hydrogens is 518 g/mol. The molecule has 4 saturated carbocycles. The molecular formula is C27H33N7O6. The van der Waals surface area contributed by atoms with Gasteiger partial charge in [-0.2, -0.15) is 15.4 Å². The number of esters is 1. The summed E-state index contributed by atoms with van der Waals surface area (Å²) >= 11 is 0. The maximum atomic E-state index is 13.2. The summed E-state index contributed by atoms with van der Waals surface area (Å²) in [5.74, 6) is 0.545. The van der Waals surface area contributed by atoms with Crippen molar-refractivity contribution in [3.05, 3.63) is 52.7 Å². The van der Waals surface area contributed by atoms with E-state index in [2.05, 4.69) is 36.1 Å². The van der Waals surface area contributed by atoms with Crippen molar-refractivity contribution >= 4 is 29.4 Å². The summed E-state index contributed by atoms with van der Waals surface area (Å²) in [5.41, 5.74) is -0.573. The second-order valence-corrected chi connectivity index (χ2v) is 10.8. The van der Waals surface area contributed by atoms with Crippen LogP contribution in [0.25, 0.3) is 0 Å². The molecule has 3 amide bonds. The third kappa shape index (κ3) is 5.97. The van der Waals surface area contributed by atoms with Crippen LogP contribution in [0.15, 0.2) is 41.5 Å². The first kappa shape index (κ1) is 27.3. The van der Waals surface area contributed by atoms with Crippen LogP contribution >= 0.6 is 0 Å². The van der Waals surface area contributed by atoms with Crippen LogP contribution < -0.4 is 21.5 Å². The predicted octanol–water partition coefficient (Wildman–Crippen LogP) is 0.764. The van der Waals surface area contributed by atoms with Gasteiger partial charge < -0.3 is 25.3 Å². The summed E-state index contributed by atoms with van der Waals surface area (Å²) in [6.45, 7) is -0.156. The Bertz CT molecular complexity index is 1350. The number of hydrogen-bond acceptors (Lipinski definition) is 8. The highest BCUT2D eigenvalue weighted by Crippen LogP contribution is 2.58. The SMILES string of the molecule is COC(=O)/C=C/CC[C@H](NC(=O)c1cn[nH]n1)C(=O)Nc1cccn(CC(=O)NC2C3CC4CC(C3)C2C4)c1=O. The molecule has 13 heteroatoms. The van der Waals surface area contributed by atoms with E-state index >= 15 is 0 Å². The van der Waals surface area contributed by atoms with Crippen LogP contribution in [0.2, 0.25) is 0 Å². The number of aromatic amines is 1. The zero-order chi connectivity index (χ0) is 28.2. The molecule has 2 heterocycles. The number of carbonyl (C=O) groups is 4. The van der Waals surface area contributed by atoms with Crippen molar-refractivity contribution in [2.45, 2.75) is 57.2 Å². The minimum Gasteiger partial charge on any atom is -0.466 e. The molecule has 6 atom stereocenters. The van der Waals surface area contributed by atoms with E-state index < -0.39 is 29.4 Å². The number of methoxy groups -OCH3 is 1. The number of ether oxygens (including phenoxy) is 1. The fourth-order valence-electron chi connectivity index (χ4n) is 6.65. The average molecular weight is 552 g/mol. The summed E-state index contributed by atoms with van der Waals surface area (Å²) in [7, 11) is 1.25. The number of aromatic nitrogens is 4. The Labute approximate surface area is 230 Å². The van der Waals surface area contributed by atoms with Crippen LogP contribution in [0.4, 0.5) is 5.69 Å². The standard InChI is InChI=1S/C27H33N7O6/c1-40-23(36)7-3-2-5-19(29-26(38)21-13-28-33-32-21)25(37)30-20-6-4-8-34(27(20)39)14-22(35)31-24-17-10-15-9-16(12-17)18(24)11-15/h3-4,6-8,13,15-19,24H,2,5,9-12,14H2,1H3,(H,29,38)(H,30,37)(H,31,35)(H,28,32,33)/b7-3+/t15?,16?,17?,18?,19-,24?/m0/s1. The number of rotatable bonds is 11. The van der Waals surface area contributed by atoms with E-state index in [-0.39, 0.29) is 42.7 Å². The van der Waals surface area contributed by atoms with E-state index in [0.29, 0.717) is 17.8 Å². The summed E-state index contributed by atoms with van der Waals surface area (Å²) < 4.78 is 5.81. The van der Waals surface area contributed by atoms with Crippen molar-refractivity contribution in [2.24, 2.45) is 23.7 Å². The lowest BCUT2D eigenvalue weighted by Crippen LogP contribution is -2.46. The topological polar surface area (TPSA) is 177 Å². The van der Waals surface area contributed by atoms with Crippen molar-refractivity contribution in [1.82, 2.24) is 30.6 Å². The minimum absolute atomic E-state index is 0.0143. The third-order valence-electron chi connectivity index (χ3n) is 8.32. The molecule has 4 fully saturated rings. The number of allylic oxidation sites excluding steroid dienone is 1. The molecule has 4 bridgehead atoms. The normalized spacial score (nSPS) is 25.1. The second-order valence-electron chi connectivity index (χ2n) is 10.8. The van der Waals surface area contributed by atoms with Crippen LogP contribution in [-0.2, 0) is 25.7 Å². The highest BCUT2D eigenvalue weighted by molar-refractivity contribution is 6.00. The third-order valence-corrected chi connectivity index (χ3v) is 8.32. The highest BCUT2D eigenvalue weighted by Gasteiger charge is 2.54. The molecule has 4 aliphatic rings. The van der Waals surface area contributed by atoms with Gasteiger partial charge >= 0.3 is 5.97 Å². The highest BCUT2D eigenvalue weighted by atomic mass is 16.5. The van der Waals surface area contributed by atoms with Gasteiger partial charge in [-0.25, -0.2) is 4.79 Å². The molecule has 6 rings (SSSR count). The van der Waals surface area contributed by atoms with E-state index in [1.165, 1.54) is 68.0 Å². The molecule has 0 aromatic carbocycles. The first-order valence-corrected chi connectivity index (χ1v) is 13.5. The Morgan fingerprint density at radius 2 is 2.02 bits per heavy atom. The van der Waals surface area contributed by atoms with Crippen molar-refractivity contribution in [3.63, 3.8) is 0 Å². The average Bonchev–Trinajstić information content (AvgIpc) is 3.63. The molecule has 0 radical (unpaired) electrons.